The van der Waals surface area contributed by atoms with Gasteiger partial charge in [0.05, 0.1) is 30.9 Å². The molecule has 136 valence electrons. The molecular weight excluding hydrogens is 332 g/mol. The number of carboxylic acids is 1. The van der Waals surface area contributed by atoms with Crippen LogP contribution in [0.2, 0.25) is 0 Å². The van der Waals surface area contributed by atoms with Gasteiger partial charge in [0.15, 0.2) is 5.69 Å². The number of nitrogens with zero attached hydrogens (tertiary/aromatic N) is 2. The summed E-state index contributed by atoms with van der Waals surface area (Å²) in [5, 5.41) is 22.6. The number of carboxylic acid groups (broad SMARTS) is 1. The summed E-state index contributed by atoms with van der Waals surface area (Å²) in [5.41, 5.74) is 0.0984. The SMILES string of the molecule is CCOC(=O)c1c(NC(=O)NCCC(=O)O)c(C#N)cn1CCOC. The van der Waals surface area contributed by atoms with Gasteiger partial charge >= 0.3 is 18.0 Å². The molecule has 1 aromatic rings. The number of amides is 2. The second-order valence-electron chi connectivity index (χ2n) is 4.81. The van der Waals surface area contributed by atoms with E-state index < -0.39 is 18.0 Å². The van der Waals surface area contributed by atoms with Gasteiger partial charge in [-0.3, -0.25) is 4.79 Å². The molecule has 0 aliphatic carbocycles. The first-order valence-electron chi connectivity index (χ1n) is 7.50. The van der Waals surface area contributed by atoms with Gasteiger partial charge in [0, 0.05) is 26.4 Å². The smallest absolute Gasteiger partial charge is 0.357 e. The monoisotopic (exact) mass is 352 g/mol. The number of carbonyl (C=O) groups excluding carboxylic acids is 2. The molecule has 0 spiro atoms. The topological polar surface area (TPSA) is 143 Å². The van der Waals surface area contributed by atoms with E-state index in [1.54, 1.807) is 6.92 Å². The predicted octanol–water partition coefficient (Wildman–Crippen LogP) is 0.779. The molecule has 3 N–H and O–H groups in total. The summed E-state index contributed by atoms with van der Waals surface area (Å²) < 4.78 is 11.4. The van der Waals surface area contributed by atoms with Crippen LogP contribution in [0.5, 0.6) is 0 Å². The summed E-state index contributed by atoms with van der Waals surface area (Å²) in [6.07, 6.45) is 1.16. The molecule has 0 aliphatic heterocycles. The summed E-state index contributed by atoms with van der Waals surface area (Å²) in [4.78, 5) is 34.6. The molecule has 1 aromatic heterocycles. The molecular formula is C15H20N4O6. The number of aliphatic carboxylic acids is 1. The Morgan fingerprint density at radius 3 is 2.68 bits per heavy atom. The molecule has 10 heteroatoms. The average Bonchev–Trinajstić information content (AvgIpc) is 2.90. The molecule has 1 heterocycles. The molecule has 2 amide bonds. The Hall–Kier alpha value is -3.06. The highest BCUT2D eigenvalue weighted by Crippen LogP contribution is 2.24. The van der Waals surface area contributed by atoms with Crippen LogP contribution in [0, 0.1) is 11.3 Å². The lowest BCUT2D eigenvalue weighted by Crippen LogP contribution is -2.31. The van der Waals surface area contributed by atoms with E-state index in [1.165, 1.54) is 17.9 Å². The number of methoxy groups -OCH3 is 1. The number of carbonyl (C=O) groups is 3. The normalized spacial score (nSPS) is 9.96. The molecule has 0 atom stereocenters. The van der Waals surface area contributed by atoms with E-state index in [0.29, 0.717) is 0 Å². The standard InChI is InChI=1S/C15H20N4O6/c1-3-25-14(22)13-12(18-15(23)17-5-4-11(20)21)10(8-16)9-19(13)6-7-24-2/h9H,3-7H2,1-2H3,(H,20,21)(H2,17,18,23). The van der Waals surface area contributed by atoms with Gasteiger partial charge in [-0.15, -0.1) is 0 Å². The molecule has 25 heavy (non-hydrogen) atoms. The lowest BCUT2D eigenvalue weighted by molar-refractivity contribution is -0.136. The third kappa shape index (κ3) is 5.82. The molecule has 0 aliphatic rings. The number of hydrogen-bond acceptors (Lipinski definition) is 6. The van der Waals surface area contributed by atoms with Crippen molar-refractivity contribution in [2.45, 2.75) is 19.9 Å². The van der Waals surface area contributed by atoms with E-state index in [0.717, 1.165) is 0 Å². The lowest BCUT2D eigenvalue weighted by Gasteiger charge is -2.11. The van der Waals surface area contributed by atoms with Gasteiger partial charge in [0.25, 0.3) is 0 Å². The van der Waals surface area contributed by atoms with Crippen LogP contribution in [-0.2, 0) is 20.8 Å². The predicted molar refractivity (Wildman–Crippen MR) is 86.3 cm³/mol. The van der Waals surface area contributed by atoms with Gasteiger partial charge < -0.3 is 29.8 Å². The molecule has 0 saturated carbocycles. The first kappa shape index (κ1) is 20.0. The third-order valence-corrected chi connectivity index (χ3v) is 3.07. The number of ether oxygens (including phenoxy) is 2. The highest BCUT2D eigenvalue weighted by molar-refractivity contribution is 6.01. The Bertz CT molecular complexity index is 676. The van der Waals surface area contributed by atoms with Gasteiger partial charge in [-0.05, 0) is 6.92 Å². The second kappa shape index (κ2) is 9.94. The number of urea groups is 1. The average molecular weight is 352 g/mol. The highest BCUT2D eigenvalue weighted by Gasteiger charge is 2.24. The second-order valence-corrected chi connectivity index (χ2v) is 4.81. The van der Waals surface area contributed by atoms with E-state index in [4.69, 9.17) is 14.6 Å². The fourth-order valence-electron chi connectivity index (χ4n) is 1.99. The number of anilines is 1. The molecule has 0 radical (unpaired) electrons. The van der Waals surface area contributed by atoms with Crippen molar-refractivity contribution in [1.29, 1.82) is 5.26 Å². The van der Waals surface area contributed by atoms with E-state index in [-0.39, 0.29) is 49.7 Å². The molecule has 0 bridgehead atoms. The summed E-state index contributed by atoms with van der Waals surface area (Å²) >= 11 is 0. The molecule has 10 nitrogen and oxygen atoms in total. The van der Waals surface area contributed by atoms with Crippen molar-refractivity contribution in [3.05, 3.63) is 17.5 Å². The quantitative estimate of drug-likeness (QED) is 0.557. The largest absolute Gasteiger partial charge is 0.481 e. The van der Waals surface area contributed by atoms with Crippen molar-refractivity contribution in [1.82, 2.24) is 9.88 Å². The Morgan fingerprint density at radius 2 is 2.12 bits per heavy atom. The minimum absolute atomic E-state index is 0.00452. The van der Waals surface area contributed by atoms with Crippen molar-refractivity contribution in [3.8, 4) is 6.07 Å². The van der Waals surface area contributed by atoms with Crippen molar-refractivity contribution in [2.24, 2.45) is 0 Å². The van der Waals surface area contributed by atoms with Gasteiger partial charge in [0.1, 0.15) is 6.07 Å². The van der Waals surface area contributed by atoms with Crippen molar-refractivity contribution >= 4 is 23.7 Å². The number of rotatable bonds is 9. The first-order valence-corrected chi connectivity index (χ1v) is 7.50. The fourth-order valence-corrected chi connectivity index (χ4v) is 1.99. The zero-order valence-electron chi connectivity index (χ0n) is 14.0. The maximum Gasteiger partial charge on any atom is 0.357 e. The van der Waals surface area contributed by atoms with Gasteiger partial charge in [-0.25, -0.2) is 9.59 Å². The molecule has 1 rings (SSSR count). The summed E-state index contributed by atoms with van der Waals surface area (Å²) in [6, 6.07) is 1.17. The number of nitrogens with one attached hydrogen (secondary N) is 2. The van der Waals surface area contributed by atoms with E-state index in [9.17, 15) is 19.6 Å². The number of nitriles is 1. The number of esters is 1. The van der Waals surface area contributed by atoms with Crippen LogP contribution in [0.15, 0.2) is 6.20 Å². The minimum atomic E-state index is -1.06. The summed E-state index contributed by atoms with van der Waals surface area (Å²) in [5.74, 6) is -1.75. The van der Waals surface area contributed by atoms with Crippen LogP contribution in [-0.4, -0.2) is 54.5 Å². The van der Waals surface area contributed by atoms with Gasteiger partial charge in [0.2, 0.25) is 0 Å². The zero-order chi connectivity index (χ0) is 18.8. The fraction of sp³-hybridized carbons (Fsp3) is 0.467. The third-order valence-electron chi connectivity index (χ3n) is 3.07. The van der Waals surface area contributed by atoms with Gasteiger partial charge in [-0.2, -0.15) is 5.26 Å². The van der Waals surface area contributed by atoms with Crippen LogP contribution in [0.3, 0.4) is 0 Å². The number of aromatic nitrogens is 1. The maximum atomic E-state index is 12.2. The Kier molecular flexibility index (Phi) is 7.95. The van der Waals surface area contributed by atoms with Crippen LogP contribution in [0.4, 0.5) is 10.5 Å². The van der Waals surface area contributed by atoms with E-state index in [2.05, 4.69) is 10.6 Å². The van der Waals surface area contributed by atoms with Crippen LogP contribution in [0.25, 0.3) is 0 Å². The molecule has 0 fully saturated rings. The molecule has 0 saturated heterocycles. The lowest BCUT2D eigenvalue weighted by atomic mass is 10.2. The van der Waals surface area contributed by atoms with E-state index >= 15 is 0 Å². The summed E-state index contributed by atoms with van der Waals surface area (Å²) in [7, 11) is 1.49. The van der Waals surface area contributed by atoms with Crippen LogP contribution < -0.4 is 10.6 Å². The van der Waals surface area contributed by atoms with E-state index in [1.807, 2.05) is 6.07 Å². The minimum Gasteiger partial charge on any atom is -0.481 e. The van der Waals surface area contributed by atoms with Gasteiger partial charge in [-0.1, -0.05) is 0 Å². The van der Waals surface area contributed by atoms with Crippen molar-refractivity contribution < 1.29 is 29.0 Å². The number of hydrogen-bond donors (Lipinski definition) is 3. The first-order chi connectivity index (χ1) is 11.9. The highest BCUT2D eigenvalue weighted by atomic mass is 16.5. The van der Waals surface area contributed by atoms with Crippen LogP contribution in [0.1, 0.15) is 29.4 Å². The molecule has 0 unspecified atom stereocenters. The maximum absolute atomic E-state index is 12.2. The Balaban J connectivity index is 3.07. The van der Waals surface area contributed by atoms with Crippen LogP contribution >= 0.6 is 0 Å². The zero-order valence-corrected chi connectivity index (χ0v) is 14.0. The van der Waals surface area contributed by atoms with Crippen molar-refractivity contribution in [3.63, 3.8) is 0 Å². The Morgan fingerprint density at radius 1 is 1.40 bits per heavy atom. The Labute approximate surface area is 144 Å². The molecule has 0 aromatic carbocycles. The van der Waals surface area contributed by atoms with Crippen molar-refractivity contribution in [2.75, 3.05) is 32.2 Å². The summed E-state index contributed by atoms with van der Waals surface area (Å²) in [6.45, 7) is 2.23.